The Bertz CT molecular complexity index is 337. The van der Waals surface area contributed by atoms with E-state index in [4.69, 9.17) is 0 Å². The van der Waals surface area contributed by atoms with Crippen LogP contribution < -0.4 is 5.32 Å². The lowest BCUT2D eigenvalue weighted by molar-refractivity contribution is 0.0633. The Kier molecular flexibility index (Phi) is 5.87. The minimum atomic E-state index is -1.10. The first-order valence-electron chi connectivity index (χ1n) is 6.22. The second kappa shape index (κ2) is 7.20. The van der Waals surface area contributed by atoms with Crippen LogP contribution in [0.4, 0.5) is 0 Å². The van der Waals surface area contributed by atoms with Gasteiger partial charge in [0.2, 0.25) is 5.78 Å². The van der Waals surface area contributed by atoms with Gasteiger partial charge in [-0.1, -0.05) is 50.6 Å². The van der Waals surface area contributed by atoms with Gasteiger partial charge >= 0.3 is 0 Å². The number of aliphatic hydroxyl groups is 1. The average Bonchev–Trinajstić information content (AvgIpc) is 2.38. The van der Waals surface area contributed by atoms with Gasteiger partial charge in [0.15, 0.2) is 6.23 Å². The number of benzene rings is 1. The third-order valence-corrected chi connectivity index (χ3v) is 2.83. The normalized spacial score (nSPS) is 14.3. The van der Waals surface area contributed by atoms with Gasteiger partial charge in [0, 0.05) is 11.6 Å². The number of carbonyl (C=O) groups is 1. The Morgan fingerprint density at radius 1 is 1.29 bits per heavy atom. The van der Waals surface area contributed by atoms with Crippen molar-refractivity contribution in [1.82, 2.24) is 5.32 Å². The lowest BCUT2D eigenvalue weighted by atomic mass is 10.1. The Balaban J connectivity index is 2.58. The zero-order valence-electron chi connectivity index (χ0n) is 10.5. The molecule has 0 amide bonds. The minimum absolute atomic E-state index is 0.197. The fourth-order valence-electron chi connectivity index (χ4n) is 1.81. The molecule has 1 aromatic carbocycles. The first kappa shape index (κ1) is 13.9. The molecular weight excluding hydrogens is 214 g/mol. The predicted molar refractivity (Wildman–Crippen MR) is 68.9 cm³/mol. The molecule has 2 N–H and O–H groups in total. The van der Waals surface area contributed by atoms with Crippen LogP contribution in [0, 0.1) is 0 Å². The highest BCUT2D eigenvalue weighted by atomic mass is 16.3. The summed E-state index contributed by atoms with van der Waals surface area (Å²) in [6.07, 6.45) is 1.81. The highest BCUT2D eigenvalue weighted by molar-refractivity contribution is 5.98. The lowest BCUT2D eigenvalue weighted by Crippen LogP contribution is -2.43. The Hall–Kier alpha value is -1.19. The molecule has 0 spiro atoms. The maximum atomic E-state index is 11.9. The highest BCUT2D eigenvalue weighted by Gasteiger charge is 2.19. The number of hydrogen-bond acceptors (Lipinski definition) is 3. The summed E-state index contributed by atoms with van der Waals surface area (Å²) >= 11 is 0. The van der Waals surface area contributed by atoms with E-state index in [0.29, 0.717) is 5.56 Å². The number of aliphatic hydroxyl groups excluding tert-OH is 1. The fraction of sp³-hybridized carbons (Fsp3) is 0.500. The molecule has 0 radical (unpaired) electrons. The van der Waals surface area contributed by atoms with Gasteiger partial charge in [-0.2, -0.15) is 0 Å². The second-order valence-corrected chi connectivity index (χ2v) is 4.19. The molecule has 0 saturated heterocycles. The molecule has 0 heterocycles. The summed E-state index contributed by atoms with van der Waals surface area (Å²) in [6.45, 7) is 4.14. The van der Waals surface area contributed by atoms with Crippen molar-refractivity contribution in [3.8, 4) is 0 Å². The van der Waals surface area contributed by atoms with Crippen LogP contribution in [-0.4, -0.2) is 23.2 Å². The van der Waals surface area contributed by atoms with Crippen molar-refractivity contribution in [2.45, 2.75) is 45.4 Å². The van der Waals surface area contributed by atoms with E-state index in [2.05, 4.69) is 12.2 Å². The van der Waals surface area contributed by atoms with Gasteiger partial charge in [0.25, 0.3) is 0 Å². The van der Waals surface area contributed by atoms with Gasteiger partial charge in [-0.05, 0) is 12.8 Å². The molecule has 17 heavy (non-hydrogen) atoms. The fourth-order valence-corrected chi connectivity index (χ4v) is 1.81. The summed E-state index contributed by atoms with van der Waals surface area (Å²) in [5.41, 5.74) is 0.541. The first-order valence-corrected chi connectivity index (χ1v) is 6.22. The van der Waals surface area contributed by atoms with Crippen molar-refractivity contribution < 1.29 is 9.90 Å². The van der Waals surface area contributed by atoms with E-state index in [1.807, 2.05) is 13.0 Å². The molecule has 0 bridgehead atoms. The molecule has 3 nitrogen and oxygen atoms in total. The summed E-state index contributed by atoms with van der Waals surface area (Å²) in [5, 5.41) is 12.8. The van der Waals surface area contributed by atoms with Crippen LogP contribution in [0.25, 0.3) is 0 Å². The molecule has 0 aliphatic heterocycles. The van der Waals surface area contributed by atoms with Crippen LogP contribution in [0.2, 0.25) is 0 Å². The Morgan fingerprint density at radius 2 is 1.94 bits per heavy atom. The summed E-state index contributed by atoms with van der Waals surface area (Å²) in [4.78, 5) is 11.9. The van der Waals surface area contributed by atoms with Crippen LogP contribution in [0.5, 0.6) is 0 Å². The smallest absolute Gasteiger partial charge is 0.206 e. The summed E-state index contributed by atoms with van der Waals surface area (Å²) in [7, 11) is 0. The van der Waals surface area contributed by atoms with Crippen molar-refractivity contribution in [1.29, 1.82) is 0 Å². The van der Waals surface area contributed by atoms with Crippen LogP contribution >= 0.6 is 0 Å². The van der Waals surface area contributed by atoms with Crippen molar-refractivity contribution >= 4 is 5.78 Å². The molecule has 2 atom stereocenters. The third-order valence-electron chi connectivity index (χ3n) is 2.83. The van der Waals surface area contributed by atoms with Gasteiger partial charge < -0.3 is 5.11 Å². The zero-order chi connectivity index (χ0) is 12.7. The largest absolute Gasteiger partial charge is 0.371 e. The maximum absolute atomic E-state index is 11.9. The molecule has 0 fully saturated rings. The van der Waals surface area contributed by atoms with E-state index in [1.54, 1.807) is 24.3 Å². The van der Waals surface area contributed by atoms with E-state index < -0.39 is 6.23 Å². The van der Waals surface area contributed by atoms with Crippen LogP contribution in [0.1, 0.15) is 43.5 Å². The molecule has 0 aliphatic rings. The second-order valence-electron chi connectivity index (χ2n) is 4.19. The highest BCUT2D eigenvalue weighted by Crippen LogP contribution is 2.06. The van der Waals surface area contributed by atoms with Crippen molar-refractivity contribution in [2.75, 3.05) is 0 Å². The number of nitrogens with one attached hydrogen (secondary N) is 1. The molecular formula is C14H21NO2. The monoisotopic (exact) mass is 235 g/mol. The maximum Gasteiger partial charge on any atom is 0.206 e. The molecule has 0 aromatic heterocycles. The molecule has 1 rings (SSSR count). The molecule has 1 aromatic rings. The van der Waals surface area contributed by atoms with Crippen molar-refractivity contribution in [3.63, 3.8) is 0 Å². The van der Waals surface area contributed by atoms with E-state index in [9.17, 15) is 9.90 Å². The number of Topliss-reactive ketones (excluding diaryl/α,β-unsaturated/α-hetero) is 1. The summed E-state index contributed by atoms with van der Waals surface area (Å²) in [6, 6.07) is 9.07. The van der Waals surface area contributed by atoms with Crippen LogP contribution in [0.15, 0.2) is 30.3 Å². The van der Waals surface area contributed by atoms with Gasteiger partial charge in [-0.15, -0.1) is 0 Å². The van der Waals surface area contributed by atoms with E-state index in [1.165, 1.54) is 0 Å². The van der Waals surface area contributed by atoms with Crippen molar-refractivity contribution in [2.24, 2.45) is 0 Å². The zero-order valence-corrected chi connectivity index (χ0v) is 10.5. The quantitative estimate of drug-likeness (QED) is 0.563. The van der Waals surface area contributed by atoms with Crippen LogP contribution in [0.3, 0.4) is 0 Å². The average molecular weight is 235 g/mol. The Morgan fingerprint density at radius 3 is 2.47 bits per heavy atom. The predicted octanol–water partition coefficient (Wildman–Crippen LogP) is 2.36. The number of ketones is 1. The number of rotatable bonds is 7. The topological polar surface area (TPSA) is 49.3 Å². The molecule has 94 valence electrons. The summed E-state index contributed by atoms with van der Waals surface area (Å²) < 4.78 is 0. The SMILES string of the molecule is CCCC(CC)NC(O)C(=O)c1ccccc1. The minimum Gasteiger partial charge on any atom is -0.371 e. The molecule has 0 aliphatic carbocycles. The van der Waals surface area contributed by atoms with Gasteiger partial charge in [-0.3, -0.25) is 10.1 Å². The van der Waals surface area contributed by atoms with Gasteiger partial charge in [0.05, 0.1) is 0 Å². The van der Waals surface area contributed by atoms with Crippen molar-refractivity contribution in [3.05, 3.63) is 35.9 Å². The molecule has 2 unspecified atom stereocenters. The lowest BCUT2D eigenvalue weighted by Gasteiger charge is -2.20. The summed E-state index contributed by atoms with van der Waals surface area (Å²) in [5.74, 6) is -0.264. The van der Waals surface area contributed by atoms with Gasteiger partial charge in [0.1, 0.15) is 0 Å². The molecule has 3 heteroatoms. The Labute approximate surface area is 103 Å². The van der Waals surface area contributed by atoms with Crippen LogP contribution in [-0.2, 0) is 0 Å². The standard InChI is InChI=1S/C14H21NO2/c1-3-8-12(4-2)15-14(17)13(16)11-9-6-5-7-10-11/h5-7,9-10,12,14-15,17H,3-4,8H2,1-2H3. The number of carbonyl (C=O) groups excluding carboxylic acids is 1. The van der Waals surface area contributed by atoms with E-state index >= 15 is 0 Å². The van der Waals surface area contributed by atoms with E-state index in [0.717, 1.165) is 19.3 Å². The third kappa shape index (κ3) is 4.29. The molecule has 0 saturated carbocycles. The van der Waals surface area contributed by atoms with E-state index in [-0.39, 0.29) is 11.8 Å². The van der Waals surface area contributed by atoms with Gasteiger partial charge in [-0.25, -0.2) is 0 Å². The first-order chi connectivity index (χ1) is 8.19. The number of hydrogen-bond donors (Lipinski definition) is 2.